The smallest absolute Gasteiger partial charge is 0.352 e. The first-order valence-corrected chi connectivity index (χ1v) is 13.2. The van der Waals surface area contributed by atoms with Crippen molar-refractivity contribution in [2.24, 2.45) is 0 Å². The number of carboxylic acids is 1. The van der Waals surface area contributed by atoms with Crippen LogP contribution in [0.1, 0.15) is 10.6 Å². The van der Waals surface area contributed by atoms with Crippen molar-refractivity contribution in [3.05, 3.63) is 51.1 Å². The maximum Gasteiger partial charge on any atom is 0.352 e. The van der Waals surface area contributed by atoms with Crippen molar-refractivity contribution in [3.63, 3.8) is 0 Å². The minimum Gasteiger partial charge on any atom is -0.477 e. The predicted octanol–water partition coefficient (Wildman–Crippen LogP) is 2.76. The second kappa shape index (κ2) is 10.3. The lowest BCUT2D eigenvalue weighted by Gasteiger charge is -2.49. The van der Waals surface area contributed by atoms with E-state index >= 15 is 0 Å². The van der Waals surface area contributed by atoms with Gasteiger partial charge in [-0.1, -0.05) is 46.8 Å². The molecule has 0 saturated carbocycles. The Morgan fingerprint density at radius 1 is 1.30 bits per heavy atom. The summed E-state index contributed by atoms with van der Waals surface area (Å²) in [6.07, 6.45) is 0.620. The van der Waals surface area contributed by atoms with Gasteiger partial charge in [0.05, 0.1) is 0 Å². The van der Waals surface area contributed by atoms with Crippen molar-refractivity contribution in [1.29, 1.82) is 0 Å². The van der Waals surface area contributed by atoms with Crippen LogP contribution in [0.5, 0.6) is 0 Å². The molecule has 1 aromatic carbocycles. The van der Waals surface area contributed by atoms with Gasteiger partial charge in [-0.25, -0.2) is 9.59 Å². The summed E-state index contributed by atoms with van der Waals surface area (Å²) in [6, 6.07) is 6.12. The number of urea groups is 1. The van der Waals surface area contributed by atoms with Gasteiger partial charge in [0.25, 0.3) is 5.91 Å². The number of rotatable bonds is 8. The Balaban J connectivity index is 1.32. The van der Waals surface area contributed by atoms with Gasteiger partial charge >= 0.3 is 12.0 Å². The van der Waals surface area contributed by atoms with Gasteiger partial charge < -0.3 is 15.7 Å². The summed E-state index contributed by atoms with van der Waals surface area (Å²) in [5.41, 5.74) is 1.68. The summed E-state index contributed by atoms with van der Waals surface area (Å²) >= 11 is 10.1. The third-order valence-corrected chi connectivity index (χ3v) is 8.68. The molecule has 2 aliphatic heterocycles. The number of nitrogens with one attached hydrogen (secondary N) is 2. The number of nitrogens with zero attached hydrogens (tertiary/aromatic N) is 3. The summed E-state index contributed by atoms with van der Waals surface area (Å²) in [7, 11) is 0. The van der Waals surface area contributed by atoms with Crippen LogP contribution in [0.3, 0.4) is 0 Å². The van der Waals surface area contributed by atoms with E-state index in [0.717, 1.165) is 14.9 Å². The number of thioether (sulfide) groups is 2. The van der Waals surface area contributed by atoms with Crippen LogP contribution in [-0.4, -0.2) is 67.6 Å². The Morgan fingerprint density at radius 2 is 2.06 bits per heavy atom. The number of β-lactam (4-membered cyclic amide) rings is 1. The first kappa shape index (κ1) is 23.9. The minimum atomic E-state index is -1.15. The highest BCUT2D eigenvalue weighted by Crippen LogP contribution is 2.41. The molecule has 1 fully saturated rings. The second-order valence-electron chi connectivity index (χ2n) is 7.30. The van der Waals surface area contributed by atoms with Crippen LogP contribution in [0.2, 0.25) is 5.02 Å². The van der Waals surface area contributed by atoms with Gasteiger partial charge in [0, 0.05) is 23.1 Å². The Labute approximate surface area is 207 Å². The van der Waals surface area contributed by atoms with Crippen molar-refractivity contribution in [1.82, 2.24) is 25.7 Å². The van der Waals surface area contributed by atoms with Crippen LogP contribution in [-0.2, 0) is 16.0 Å². The second-order valence-corrected chi connectivity index (χ2v) is 11.2. The molecule has 4 rings (SSSR count). The number of carboxylic acid groups (broad SMARTS) is 1. The molecule has 0 radical (unpaired) electrons. The van der Waals surface area contributed by atoms with Gasteiger partial charge in [-0.2, -0.15) is 0 Å². The number of aromatic nitrogens is 2. The Morgan fingerprint density at radius 3 is 2.73 bits per heavy atom. The molecule has 3 heterocycles. The molecule has 13 heteroatoms. The molecule has 2 aromatic rings. The number of carbonyl (C=O) groups is 3. The van der Waals surface area contributed by atoms with Gasteiger partial charge in [-0.05, 0) is 36.6 Å². The summed E-state index contributed by atoms with van der Waals surface area (Å²) in [4.78, 5) is 38.2. The molecule has 3 N–H and O–H groups in total. The van der Waals surface area contributed by atoms with Crippen molar-refractivity contribution in [2.45, 2.75) is 29.1 Å². The van der Waals surface area contributed by atoms with Gasteiger partial charge in [-0.3, -0.25) is 9.69 Å². The molecule has 174 valence electrons. The number of aliphatic carboxylic acids is 1. The van der Waals surface area contributed by atoms with Crippen LogP contribution in [0.25, 0.3) is 0 Å². The van der Waals surface area contributed by atoms with E-state index in [0.29, 0.717) is 35.1 Å². The van der Waals surface area contributed by atoms with Crippen LogP contribution >= 0.6 is 46.5 Å². The fraction of sp³-hybridized carbons (Fsp3) is 0.350. The SMILES string of the molecule is Cc1nnc(SCC2=C(C(=O)O)N3C(=O)C(NC(=O)NCCc4ccc(Cl)cc4)[C@@H]3SC2)s1. The van der Waals surface area contributed by atoms with E-state index in [1.54, 1.807) is 12.1 Å². The number of fused-ring (bicyclic) bond motifs is 1. The largest absolute Gasteiger partial charge is 0.477 e. The fourth-order valence-corrected chi connectivity index (χ4v) is 6.87. The molecular formula is C20H20ClN5O4S3. The first-order valence-electron chi connectivity index (χ1n) is 9.95. The van der Waals surface area contributed by atoms with Gasteiger partial charge in [0.15, 0.2) is 4.34 Å². The summed E-state index contributed by atoms with van der Waals surface area (Å²) in [5, 5.41) is 24.2. The highest BCUT2D eigenvalue weighted by Gasteiger charge is 2.54. The van der Waals surface area contributed by atoms with E-state index in [-0.39, 0.29) is 5.70 Å². The fourth-order valence-electron chi connectivity index (χ4n) is 3.44. The molecule has 1 saturated heterocycles. The van der Waals surface area contributed by atoms with Gasteiger partial charge in [0.2, 0.25) is 0 Å². The standard InChI is InChI=1S/C20H20ClN5O4S3/c1-10-24-25-20(33-10)32-9-12-8-31-17-14(16(27)26(17)15(12)18(28)29)23-19(30)22-7-6-11-2-4-13(21)5-3-11/h2-5,14,17H,6-9H2,1H3,(H,28,29)(H2,22,23,30)/t14?,17-/m0/s1. The number of carbonyl (C=O) groups excluding carboxylic acids is 2. The van der Waals surface area contributed by atoms with Crippen LogP contribution in [0.4, 0.5) is 4.79 Å². The average molecular weight is 526 g/mol. The molecule has 2 atom stereocenters. The number of halogens is 1. The number of benzene rings is 1. The van der Waals surface area contributed by atoms with Crippen LogP contribution in [0.15, 0.2) is 39.9 Å². The average Bonchev–Trinajstić information content (AvgIpc) is 3.21. The maximum atomic E-state index is 12.7. The third kappa shape index (κ3) is 5.45. The highest BCUT2D eigenvalue weighted by atomic mass is 35.5. The maximum absolute atomic E-state index is 12.7. The normalized spacial score (nSPS) is 19.7. The number of hydrogen-bond acceptors (Lipinski definition) is 8. The molecular weight excluding hydrogens is 506 g/mol. The third-order valence-electron chi connectivity index (χ3n) is 5.03. The molecule has 0 aliphatic carbocycles. The number of aryl methyl sites for hydroxylation is 1. The predicted molar refractivity (Wildman–Crippen MR) is 129 cm³/mol. The molecule has 3 amide bonds. The zero-order valence-corrected chi connectivity index (χ0v) is 20.6. The Hall–Kier alpha value is -2.28. The van der Waals surface area contributed by atoms with E-state index < -0.39 is 29.3 Å². The first-order chi connectivity index (χ1) is 15.8. The van der Waals surface area contributed by atoms with Crippen molar-refractivity contribution >= 4 is 64.4 Å². The Bertz CT molecular complexity index is 1110. The van der Waals surface area contributed by atoms with Gasteiger partial charge in [-0.15, -0.1) is 22.0 Å². The molecule has 1 unspecified atom stereocenters. The van der Waals surface area contributed by atoms with Crippen molar-refractivity contribution in [2.75, 3.05) is 18.1 Å². The van der Waals surface area contributed by atoms with Crippen molar-refractivity contribution < 1.29 is 19.5 Å². The van der Waals surface area contributed by atoms with E-state index in [9.17, 15) is 19.5 Å². The lowest BCUT2D eigenvalue weighted by atomic mass is 10.0. The monoisotopic (exact) mass is 525 g/mol. The topological polar surface area (TPSA) is 125 Å². The lowest BCUT2D eigenvalue weighted by molar-refractivity contribution is -0.148. The summed E-state index contributed by atoms with van der Waals surface area (Å²) in [6.45, 7) is 2.24. The molecule has 0 bridgehead atoms. The van der Waals surface area contributed by atoms with Gasteiger partial charge in [0.1, 0.15) is 22.1 Å². The molecule has 0 spiro atoms. The van der Waals surface area contributed by atoms with Crippen LogP contribution < -0.4 is 10.6 Å². The molecule has 1 aromatic heterocycles. The lowest BCUT2D eigenvalue weighted by Crippen LogP contribution is -2.71. The van der Waals surface area contributed by atoms with Crippen molar-refractivity contribution in [3.8, 4) is 0 Å². The number of hydrogen-bond donors (Lipinski definition) is 3. The molecule has 2 aliphatic rings. The summed E-state index contributed by atoms with van der Waals surface area (Å²) in [5.74, 6) is -0.712. The minimum absolute atomic E-state index is 0.00122. The quantitative estimate of drug-likeness (QED) is 0.355. The molecule has 33 heavy (non-hydrogen) atoms. The Kier molecular flexibility index (Phi) is 7.47. The van der Waals surface area contributed by atoms with Crippen LogP contribution in [0, 0.1) is 6.92 Å². The highest BCUT2D eigenvalue weighted by molar-refractivity contribution is 8.01. The molecule has 9 nitrogen and oxygen atoms in total. The van der Waals surface area contributed by atoms with E-state index in [1.807, 2.05) is 19.1 Å². The van der Waals surface area contributed by atoms with E-state index in [4.69, 9.17) is 11.6 Å². The van der Waals surface area contributed by atoms with E-state index in [1.165, 1.54) is 39.8 Å². The summed E-state index contributed by atoms with van der Waals surface area (Å²) < 4.78 is 0.751. The van der Waals surface area contributed by atoms with E-state index in [2.05, 4.69) is 20.8 Å². The zero-order valence-electron chi connectivity index (χ0n) is 17.4. The number of amides is 3. The zero-order chi connectivity index (χ0) is 23.5.